The average Bonchev–Trinajstić information content (AvgIpc) is 2.79. The molecule has 8 heteroatoms. The van der Waals surface area contributed by atoms with E-state index >= 15 is 0 Å². The molecule has 0 amide bonds. The standard InChI is InChI=1S/C14H32NO.C14H30O5S/c1-4-5-6-7-8-9-10-11-12-13-14-15(2,3)16;1-2-3-4-5-6-7-8-9-10-11-12-18-13-14-19-20(15,16)17/h16H,4-14H2,1-3H3;2-14H2,1H3,(H,15,16,17)/q+1;/p-1. The van der Waals surface area contributed by atoms with Gasteiger partial charge in [0, 0.05) is 6.61 Å². The molecule has 0 aromatic rings. The summed E-state index contributed by atoms with van der Waals surface area (Å²) in [5.41, 5.74) is 0. The van der Waals surface area contributed by atoms with E-state index in [-0.39, 0.29) is 17.9 Å². The molecular formula is C28H61NO6S. The number of nitrogens with zero attached hydrogens (tertiary/aromatic N) is 1. The van der Waals surface area contributed by atoms with E-state index in [1.54, 1.807) is 0 Å². The van der Waals surface area contributed by atoms with Gasteiger partial charge in [0.2, 0.25) is 10.4 Å². The summed E-state index contributed by atoms with van der Waals surface area (Å²) in [6.45, 7) is 5.94. The molecule has 0 saturated carbocycles. The van der Waals surface area contributed by atoms with Crippen LogP contribution < -0.4 is 0 Å². The van der Waals surface area contributed by atoms with E-state index in [1.807, 2.05) is 14.1 Å². The Hall–Kier alpha value is -0.250. The maximum absolute atomic E-state index is 10.1. The van der Waals surface area contributed by atoms with Gasteiger partial charge in [-0.2, -0.15) is 4.65 Å². The maximum atomic E-state index is 10.1. The zero-order chi connectivity index (χ0) is 27.4. The second-order valence-electron chi connectivity index (χ2n) is 10.6. The highest BCUT2D eigenvalue weighted by Gasteiger charge is 2.08. The van der Waals surface area contributed by atoms with Crippen molar-refractivity contribution in [3.05, 3.63) is 0 Å². The number of hydroxylamine groups is 3. The zero-order valence-electron chi connectivity index (χ0n) is 24.3. The minimum Gasteiger partial charge on any atom is -0.726 e. The largest absolute Gasteiger partial charge is 0.726 e. The lowest BCUT2D eigenvalue weighted by atomic mass is 10.1. The van der Waals surface area contributed by atoms with Crippen LogP contribution in [-0.4, -0.2) is 63.3 Å². The van der Waals surface area contributed by atoms with Crippen LogP contribution >= 0.6 is 0 Å². The Balaban J connectivity index is 0. The van der Waals surface area contributed by atoms with Gasteiger partial charge in [-0.3, -0.25) is 4.18 Å². The highest BCUT2D eigenvalue weighted by molar-refractivity contribution is 7.80. The van der Waals surface area contributed by atoms with Crippen LogP contribution in [0.5, 0.6) is 0 Å². The number of quaternary nitrogens is 1. The Morgan fingerprint density at radius 3 is 1.31 bits per heavy atom. The van der Waals surface area contributed by atoms with Crippen LogP contribution in [0.2, 0.25) is 0 Å². The van der Waals surface area contributed by atoms with E-state index in [1.165, 1.54) is 109 Å². The first-order valence-corrected chi connectivity index (χ1v) is 16.2. The SMILES string of the molecule is CCCCCCCCCCCCOCCOS(=O)(=O)[O-].CCCCCCCCCCCC[N+](C)(C)O. The number of rotatable bonds is 26. The number of unbranched alkanes of at least 4 members (excludes halogenated alkanes) is 18. The molecular weight excluding hydrogens is 478 g/mol. The fraction of sp³-hybridized carbons (Fsp3) is 1.00. The predicted molar refractivity (Wildman–Crippen MR) is 149 cm³/mol. The molecule has 0 bridgehead atoms. The van der Waals surface area contributed by atoms with Gasteiger partial charge in [-0.05, 0) is 19.3 Å². The summed E-state index contributed by atoms with van der Waals surface area (Å²) < 4.78 is 39.7. The number of hydrogen-bond donors (Lipinski definition) is 1. The van der Waals surface area contributed by atoms with Crippen LogP contribution in [0.15, 0.2) is 0 Å². The van der Waals surface area contributed by atoms with Crippen molar-refractivity contribution in [3.63, 3.8) is 0 Å². The summed E-state index contributed by atoms with van der Waals surface area (Å²) >= 11 is 0. The molecule has 0 atom stereocenters. The van der Waals surface area contributed by atoms with Crippen molar-refractivity contribution in [2.45, 2.75) is 142 Å². The van der Waals surface area contributed by atoms with Gasteiger partial charge >= 0.3 is 0 Å². The van der Waals surface area contributed by atoms with E-state index in [0.29, 0.717) is 6.61 Å². The summed E-state index contributed by atoms with van der Waals surface area (Å²) in [6, 6.07) is 0. The fourth-order valence-corrected chi connectivity index (χ4v) is 4.25. The van der Waals surface area contributed by atoms with Crippen molar-refractivity contribution in [1.29, 1.82) is 0 Å². The van der Waals surface area contributed by atoms with Gasteiger partial charge in [0.05, 0.1) is 27.3 Å². The molecule has 0 radical (unpaired) electrons. The maximum Gasteiger partial charge on any atom is 0.217 e. The van der Waals surface area contributed by atoms with E-state index in [2.05, 4.69) is 18.0 Å². The molecule has 0 aliphatic heterocycles. The van der Waals surface area contributed by atoms with Crippen LogP contribution in [0.1, 0.15) is 142 Å². The second kappa shape index (κ2) is 27.8. The van der Waals surface area contributed by atoms with Gasteiger partial charge in [0.25, 0.3) is 0 Å². The Morgan fingerprint density at radius 2 is 0.944 bits per heavy atom. The van der Waals surface area contributed by atoms with Gasteiger partial charge in [-0.1, -0.05) is 123 Å². The van der Waals surface area contributed by atoms with Crippen LogP contribution in [0, 0.1) is 0 Å². The van der Waals surface area contributed by atoms with E-state index < -0.39 is 10.4 Å². The summed E-state index contributed by atoms with van der Waals surface area (Å²) in [5, 5.41) is 9.48. The first kappa shape index (κ1) is 37.9. The Kier molecular flexibility index (Phi) is 29.2. The molecule has 7 nitrogen and oxygen atoms in total. The smallest absolute Gasteiger partial charge is 0.217 e. The molecule has 0 spiro atoms. The van der Waals surface area contributed by atoms with Crippen molar-refractivity contribution in [1.82, 2.24) is 0 Å². The first-order chi connectivity index (χ1) is 17.1. The second-order valence-corrected chi connectivity index (χ2v) is 11.6. The molecule has 0 rings (SSSR count). The topological polar surface area (TPSA) is 95.9 Å². The molecule has 0 fully saturated rings. The average molecular weight is 540 g/mol. The van der Waals surface area contributed by atoms with Crippen molar-refractivity contribution >= 4 is 10.4 Å². The Morgan fingerprint density at radius 1 is 0.583 bits per heavy atom. The van der Waals surface area contributed by atoms with E-state index in [4.69, 9.17) is 4.74 Å². The van der Waals surface area contributed by atoms with Crippen molar-refractivity contribution in [3.8, 4) is 0 Å². The normalized spacial score (nSPS) is 11.9. The minimum atomic E-state index is -4.57. The molecule has 0 aromatic carbocycles. The molecule has 220 valence electrons. The minimum absolute atomic E-state index is 0.122. The van der Waals surface area contributed by atoms with Crippen LogP contribution in [0.3, 0.4) is 0 Å². The molecule has 0 saturated heterocycles. The zero-order valence-corrected chi connectivity index (χ0v) is 25.1. The predicted octanol–water partition coefficient (Wildman–Crippen LogP) is 7.77. The lowest BCUT2D eigenvalue weighted by Gasteiger charge is -2.18. The molecule has 0 aliphatic carbocycles. The third kappa shape index (κ3) is 40.9. The van der Waals surface area contributed by atoms with Crippen LogP contribution in [-0.2, 0) is 19.3 Å². The monoisotopic (exact) mass is 539 g/mol. The lowest BCUT2D eigenvalue weighted by Crippen LogP contribution is -2.36. The van der Waals surface area contributed by atoms with Crippen molar-refractivity contribution in [2.24, 2.45) is 0 Å². The Labute approximate surface area is 224 Å². The van der Waals surface area contributed by atoms with E-state index in [0.717, 1.165) is 25.8 Å². The molecule has 0 aromatic heterocycles. The highest BCUT2D eigenvalue weighted by Crippen LogP contribution is 2.11. The molecule has 0 unspecified atom stereocenters. The number of ether oxygens (including phenoxy) is 1. The Bertz CT molecular complexity index is 523. The van der Waals surface area contributed by atoms with Crippen LogP contribution in [0.25, 0.3) is 0 Å². The summed E-state index contributed by atoms with van der Waals surface area (Å²) in [6.07, 6.45) is 26.2. The molecule has 0 aliphatic rings. The molecule has 0 heterocycles. The fourth-order valence-electron chi connectivity index (χ4n) is 3.97. The number of hydrogen-bond acceptors (Lipinski definition) is 6. The van der Waals surface area contributed by atoms with Gasteiger partial charge in [0.1, 0.15) is 6.54 Å². The highest BCUT2D eigenvalue weighted by atomic mass is 32.3. The van der Waals surface area contributed by atoms with Crippen molar-refractivity contribution in [2.75, 3.05) is 40.5 Å². The van der Waals surface area contributed by atoms with Gasteiger partial charge in [-0.25, -0.2) is 13.6 Å². The summed E-state index contributed by atoms with van der Waals surface area (Å²) in [5.74, 6) is 0. The molecule has 36 heavy (non-hydrogen) atoms. The van der Waals surface area contributed by atoms with Crippen molar-refractivity contribution < 1.29 is 31.7 Å². The van der Waals surface area contributed by atoms with Crippen LogP contribution in [0.4, 0.5) is 0 Å². The third-order valence-electron chi connectivity index (χ3n) is 6.16. The third-order valence-corrected chi connectivity index (χ3v) is 6.61. The van der Waals surface area contributed by atoms with Gasteiger partial charge in [-0.15, -0.1) is 0 Å². The van der Waals surface area contributed by atoms with E-state index in [9.17, 15) is 18.2 Å². The summed E-state index contributed by atoms with van der Waals surface area (Å²) in [7, 11) is -0.888. The first-order valence-electron chi connectivity index (χ1n) is 14.9. The van der Waals surface area contributed by atoms with Gasteiger partial charge < -0.3 is 9.29 Å². The quantitative estimate of drug-likeness (QED) is 0.0396. The van der Waals surface area contributed by atoms with Gasteiger partial charge in [0.15, 0.2) is 0 Å². The lowest BCUT2D eigenvalue weighted by molar-refractivity contribution is -1.07. The molecule has 1 N–H and O–H groups in total. The summed E-state index contributed by atoms with van der Waals surface area (Å²) in [4.78, 5) is 0.